The Morgan fingerprint density at radius 3 is 2.83 bits per heavy atom. The minimum absolute atomic E-state index is 0.386. The second-order valence-corrected chi connectivity index (χ2v) is 2.45. The maximum atomic E-state index is 5.61. The third-order valence-corrected chi connectivity index (χ3v) is 1.66. The SMILES string of the molecule is C=CN=C(N)C1=C(C)C(=C)C=N1. The third-order valence-electron chi connectivity index (χ3n) is 1.66. The van der Waals surface area contributed by atoms with Crippen molar-refractivity contribution in [1.29, 1.82) is 0 Å². The molecule has 1 rings (SSSR count). The topological polar surface area (TPSA) is 50.7 Å². The maximum absolute atomic E-state index is 5.61. The second-order valence-electron chi connectivity index (χ2n) is 2.45. The largest absolute Gasteiger partial charge is 0.382 e. The summed E-state index contributed by atoms with van der Waals surface area (Å²) in [5.41, 5.74) is 8.15. The predicted octanol–water partition coefficient (Wildman–Crippen LogP) is 1.40. The van der Waals surface area contributed by atoms with Gasteiger partial charge in [-0.3, -0.25) is 4.99 Å². The van der Waals surface area contributed by atoms with E-state index >= 15 is 0 Å². The fourth-order valence-corrected chi connectivity index (χ4v) is 0.906. The summed E-state index contributed by atoms with van der Waals surface area (Å²) in [6.07, 6.45) is 3.07. The number of aliphatic imine (C=N–C) groups is 2. The average Bonchev–Trinajstić information content (AvgIpc) is 2.34. The number of amidine groups is 1. The van der Waals surface area contributed by atoms with Gasteiger partial charge in [-0.1, -0.05) is 13.2 Å². The number of allylic oxidation sites excluding steroid dienone is 2. The normalized spacial score (nSPS) is 17.4. The van der Waals surface area contributed by atoms with Crippen LogP contribution in [-0.4, -0.2) is 12.1 Å². The molecule has 0 aromatic rings. The lowest BCUT2D eigenvalue weighted by atomic mass is 10.1. The summed E-state index contributed by atoms with van der Waals surface area (Å²) >= 11 is 0. The molecule has 3 nitrogen and oxygen atoms in total. The summed E-state index contributed by atoms with van der Waals surface area (Å²) in [6, 6.07) is 0. The van der Waals surface area contributed by atoms with E-state index in [1.165, 1.54) is 6.20 Å². The van der Waals surface area contributed by atoms with Gasteiger partial charge in [0.15, 0.2) is 0 Å². The molecule has 0 atom stereocenters. The average molecular weight is 161 g/mol. The Labute approximate surface area is 71.7 Å². The van der Waals surface area contributed by atoms with E-state index in [0.717, 1.165) is 11.1 Å². The van der Waals surface area contributed by atoms with Crippen molar-refractivity contribution in [2.75, 3.05) is 0 Å². The van der Waals surface area contributed by atoms with Gasteiger partial charge in [-0.25, -0.2) is 4.99 Å². The van der Waals surface area contributed by atoms with Crippen molar-refractivity contribution >= 4 is 12.1 Å². The van der Waals surface area contributed by atoms with E-state index in [2.05, 4.69) is 23.1 Å². The highest BCUT2D eigenvalue weighted by Crippen LogP contribution is 2.18. The molecule has 0 aromatic carbocycles. The van der Waals surface area contributed by atoms with Gasteiger partial charge in [0, 0.05) is 12.4 Å². The molecule has 1 aliphatic heterocycles. The summed E-state index contributed by atoms with van der Waals surface area (Å²) in [7, 11) is 0. The molecule has 0 spiro atoms. The number of nitrogens with zero attached hydrogens (tertiary/aromatic N) is 2. The zero-order valence-corrected chi connectivity index (χ0v) is 7.04. The highest BCUT2D eigenvalue weighted by Gasteiger charge is 2.12. The standard InChI is InChI=1S/C9H11N3/c1-4-11-9(10)8-7(3)6(2)5-12-8/h4-5H,1-2H2,3H3,(H2,10,11). The first-order valence-corrected chi connectivity index (χ1v) is 3.55. The van der Waals surface area contributed by atoms with Crippen LogP contribution >= 0.6 is 0 Å². The number of hydrogen-bond donors (Lipinski definition) is 1. The summed E-state index contributed by atoms with van der Waals surface area (Å²) < 4.78 is 0. The molecule has 0 radical (unpaired) electrons. The van der Waals surface area contributed by atoms with Crippen LogP contribution in [-0.2, 0) is 0 Å². The molecule has 0 saturated carbocycles. The van der Waals surface area contributed by atoms with Gasteiger partial charge >= 0.3 is 0 Å². The highest BCUT2D eigenvalue weighted by atomic mass is 14.9. The van der Waals surface area contributed by atoms with Gasteiger partial charge in [-0.15, -0.1) is 0 Å². The first-order valence-electron chi connectivity index (χ1n) is 3.55. The predicted molar refractivity (Wildman–Crippen MR) is 52.2 cm³/mol. The van der Waals surface area contributed by atoms with Gasteiger partial charge in [-0.2, -0.15) is 0 Å². The molecule has 3 heteroatoms. The fourth-order valence-electron chi connectivity index (χ4n) is 0.906. The van der Waals surface area contributed by atoms with Gasteiger partial charge in [-0.05, 0) is 18.1 Å². The van der Waals surface area contributed by atoms with E-state index in [4.69, 9.17) is 5.73 Å². The molecule has 0 amide bonds. The molecule has 1 heterocycles. The summed E-state index contributed by atoms with van der Waals surface area (Å²) in [4.78, 5) is 7.90. The van der Waals surface area contributed by atoms with Crippen LogP contribution in [0.2, 0.25) is 0 Å². The smallest absolute Gasteiger partial charge is 0.149 e. The molecule has 0 fully saturated rings. The van der Waals surface area contributed by atoms with Crippen molar-refractivity contribution < 1.29 is 0 Å². The second kappa shape index (κ2) is 3.17. The van der Waals surface area contributed by atoms with Gasteiger partial charge in [0.25, 0.3) is 0 Å². The van der Waals surface area contributed by atoms with E-state index in [0.29, 0.717) is 11.5 Å². The fraction of sp³-hybridized carbons (Fsp3) is 0.111. The van der Waals surface area contributed by atoms with Crippen molar-refractivity contribution in [1.82, 2.24) is 0 Å². The molecule has 0 aromatic heterocycles. The Kier molecular flexibility index (Phi) is 2.24. The molecule has 0 saturated heterocycles. The van der Waals surface area contributed by atoms with Crippen molar-refractivity contribution in [3.05, 3.63) is 36.2 Å². The Bertz CT molecular complexity index is 319. The number of rotatable bonds is 2. The zero-order valence-electron chi connectivity index (χ0n) is 7.04. The van der Waals surface area contributed by atoms with Crippen LogP contribution in [0.5, 0.6) is 0 Å². The van der Waals surface area contributed by atoms with Crippen LogP contribution in [0.15, 0.2) is 46.2 Å². The van der Waals surface area contributed by atoms with Crippen LogP contribution in [0.4, 0.5) is 0 Å². The zero-order chi connectivity index (χ0) is 9.14. The quantitative estimate of drug-likeness (QED) is 0.483. The van der Waals surface area contributed by atoms with E-state index in [-0.39, 0.29) is 0 Å². The maximum Gasteiger partial charge on any atom is 0.149 e. The summed E-state index contributed by atoms with van der Waals surface area (Å²) in [6.45, 7) is 9.15. The molecule has 0 aliphatic carbocycles. The van der Waals surface area contributed by atoms with Crippen LogP contribution in [0.1, 0.15) is 6.92 Å². The van der Waals surface area contributed by atoms with E-state index in [9.17, 15) is 0 Å². The Morgan fingerprint density at radius 2 is 2.42 bits per heavy atom. The van der Waals surface area contributed by atoms with Crippen molar-refractivity contribution in [2.45, 2.75) is 6.92 Å². The monoisotopic (exact) mass is 161 g/mol. The van der Waals surface area contributed by atoms with E-state index in [1.54, 1.807) is 6.21 Å². The lowest BCUT2D eigenvalue weighted by molar-refractivity contribution is 1.35. The molecular formula is C9H11N3. The van der Waals surface area contributed by atoms with Crippen molar-refractivity contribution in [3.8, 4) is 0 Å². The minimum Gasteiger partial charge on any atom is -0.382 e. The summed E-state index contributed by atoms with van der Waals surface area (Å²) in [5.74, 6) is 0.386. The van der Waals surface area contributed by atoms with Gasteiger partial charge < -0.3 is 5.73 Å². The van der Waals surface area contributed by atoms with Gasteiger partial charge in [0.2, 0.25) is 0 Å². The minimum atomic E-state index is 0.386. The molecule has 0 bridgehead atoms. The first kappa shape index (κ1) is 8.46. The summed E-state index contributed by atoms with van der Waals surface area (Å²) in [5, 5.41) is 0. The Morgan fingerprint density at radius 1 is 1.75 bits per heavy atom. The lowest BCUT2D eigenvalue weighted by Gasteiger charge is -1.98. The number of nitrogens with two attached hydrogens (primary N) is 1. The molecule has 1 aliphatic rings. The van der Waals surface area contributed by atoms with Crippen LogP contribution in [0, 0.1) is 0 Å². The first-order chi connectivity index (χ1) is 5.66. The Balaban J connectivity index is 3.05. The van der Waals surface area contributed by atoms with Gasteiger partial charge in [0.1, 0.15) is 11.5 Å². The Hall–Kier alpha value is -1.64. The molecular weight excluding hydrogens is 150 g/mol. The van der Waals surface area contributed by atoms with E-state index < -0.39 is 0 Å². The van der Waals surface area contributed by atoms with Gasteiger partial charge in [0.05, 0.1) is 0 Å². The van der Waals surface area contributed by atoms with Crippen molar-refractivity contribution in [2.24, 2.45) is 15.7 Å². The third kappa shape index (κ3) is 1.34. The lowest BCUT2D eigenvalue weighted by Crippen LogP contribution is -2.13. The molecule has 2 N–H and O–H groups in total. The molecule has 0 unspecified atom stereocenters. The van der Waals surface area contributed by atoms with Crippen molar-refractivity contribution in [3.63, 3.8) is 0 Å². The van der Waals surface area contributed by atoms with Crippen LogP contribution in [0.3, 0.4) is 0 Å². The number of hydrogen-bond acceptors (Lipinski definition) is 2. The van der Waals surface area contributed by atoms with Crippen LogP contribution < -0.4 is 5.73 Å². The highest BCUT2D eigenvalue weighted by molar-refractivity contribution is 6.05. The van der Waals surface area contributed by atoms with E-state index in [1.807, 2.05) is 6.92 Å². The molecule has 12 heavy (non-hydrogen) atoms. The molecule has 62 valence electrons. The van der Waals surface area contributed by atoms with Crippen LogP contribution in [0.25, 0.3) is 0 Å².